The third-order valence-corrected chi connectivity index (χ3v) is 3.19. The van der Waals surface area contributed by atoms with Gasteiger partial charge in [0.05, 0.1) is 0 Å². The molecule has 0 rings (SSSR count). The summed E-state index contributed by atoms with van der Waals surface area (Å²) in [5, 5.41) is 11.5. The summed E-state index contributed by atoms with van der Waals surface area (Å²) in [6.07, 6.45) is 4.67. The standard InChI is InChI=1S/C15H31N3O3/c1-4-11-18(13-12-17(2)3)15(21)16-10-8-6-5-7-9-14(19)20/h4-13H2,1-3H3,(H,16,21)(H,19,20). The van der Waals surface area contributed by atoms with Crippen LogP contribution in [0.5, 0.6) is 0 Å². The maximum absolute atomic E-state index is 12.0. The first-order chi connectivity index (χ1) is 9.97. The van der Waals surface area contributed by atoms with E-state index >= 15 is 0 Å². The van der Waals surface area contributed by atoms with Crippen molar-refractivity contribution in [2.24, 2.45) is 0 Å². The van der Waals surface area contributed by atoms with Gasteiger partial charge in [-0.1, -0.05) is 19.8 Å². The number of urea groups is 1. The molecule has 6 nitrogen and oxygen atoms in total. The van der Waals surface area contributed by atoms with E-state index in [1.54, 1.807) is 0 Å². The summed E-state index contributed by atoms with van der Waals surface area (Å²) in [5.41, 5.74) is 0. The highest BCUT2D eigenvalue weighted by atomic mass is 16.4. The number of aliphatic carboxylic acids is 1. The molecule has 0 bridgehead atoms. The van der Waals surface area contributed by atoms with Gasteiger partial charge in [0.15, 0.2) is 0 Å². The Labute approximate surface area is 128 Å². The van der Waals surface area contributed by atoms with Crippen molar-refractivity contribution < 1.29 is 14.7 Å². The van der Waals surface area contributed by atoms with Crippen LogP contribution >= 0.6 is 0 Å². The van der Waals surface area contributed by atoms with E-state index in [9.17, 15) is 9.59 Å². The zero-order valence-corrected chi connectivity index (χ0v) is 13.7. The van der Waals surface area contributed by atoms with Crippen LogP contribution in [0, 0.1) is 0 Å². The molecule has 0 aliphatic heterocycles. The molecule has 0 aromatic rings. The van der Waals surface area contributed by atoms with Gasteiger partial charge >= 0.3 is 12.0 Å². The predicted molar refractivity (Wildman–Crippen MR) is 84.5 cm³/mol. The minimum absolute atomic E-state index is 0.00392. The predicted octanol–water partition coefficient (Wildman–Crippen LogP) is 2.00. The summed E-state index contributed by atoms with van der Waals surface area (Å²) < 4.78 is 0. The van der Waals surface area contributed by atoms with Gasteiger partial charge in [-0.3, -0.25) is 4.79 Å². The minimum Gasteiger partial charge on any atom is -0.481 e. The van der Waals surface area contributed by atoms with Crippen LogP contribution in [-0.2, 0) is 4.79 Å². The Kier molecular flexibility index (Phi) is 11.7. The molecule has 0 unspecified atom stereocenters. The van der Waals surface area contributed by atoms with Gasteiger partial charge in [0.25, 0.3) is 0 Å². The molecule has 21 heavy (non-hydrogen) atoms. The minimum atomic E-state index is -0.737. The van der Waals surface area contributed by atoms with E-state index < -0.39 is 5.97 Å². The summed E-state index contributed by atoms with van der Waals surface area (Å²) in [7, 11) is 4.00. The Morgan fingerprint density at radius 1 is 1.00 bits per heavy atom. The number of amides is 2. The van der Waals surface area contributed by atoms with Gasteiger partial charge in [-0.25, -0.2) is 4.79 Å². The Balaban J connectivity index is 3.74. The van der Waals surface area contributed by atoms with Crippen molar-refractivity contribution in [2.75, 3.05) is 40.3 Å². The van der Waals surface area contributed by atoms with Crippen LogP contribution in [0.4, 0.5) is 4.79 Å². The number of nitrogens with zero attached hydrogens (tertiary/aromatic N) is 2. The second-order valence-corrected chi connectivity index (χ2v) is 5.58. The van der Waals surface area contributed by atoms with E-state index in [1.165, 1.54) is 0 Å². The number of rotatable bonds is 12. The molecule has 0 heterocycles. The van der Waals surface area contributed by atoms with Crippen molar-refractivity contribution in [3.63, 3.8) is 0 Å². The van der Waals surface area contributed by atoms with Crippen molar-refractivity contribution in [1.29, 1.82) is 0 Å². The monoisotopic (exact) mass is 301 g/mol. The third kappa shape index (κ3) is 12.2. The molecule has 6 heteroatoms. The molecule has 0 aromatic carbocycles. The molecule has 0 spiro atoms. The highest BCUT2D eigenvalue weighted by Crippen LogP contribution is 2.02. The van der Waals surface area contributed by atoms with E-state index in [1.807, 2.05) is 19.0 Å². The summed E-state index contributed by atoms with van der Waals surface area (Å²) in [6, 6.07) is 0.00392. The second kappa shape index (κ2) is 12.4. The van der Waals surface area contributed by atoms with Crippen LogP contribution in [-0.4, -0.2) is 67.2 Å². The van der Waals surface area contributed by atoms with E-state index in [4.69, 9.17) is 5.11 Å². The second-order valence-electron chi connectivity index (χ2n) is 5.58. The lowest BCUT2D eigenvalue weighted by atomic mass is 10.1. The largest absolute Gasteiger partial charge is 0.481 e. The molecule has 0 aliphatic carbocycles. The number of hydrogen-bond acceptors (Lipinski definition) is 3. The number of carbonyl (C=O) groups excluding carboxylic acids is 1. The lowest BCUT2D eigenvalue weighted by Crippen LogP contribution is -2.43. The molecule has 0 aromatic heterocycles. The van der Waals surface area contributed by atoms with Crippen LogP contribution in [0.25, 0.3) is 0 Å². The van der Waals surface area contributed by atoms with Gasteiger partial charge in [0.2, 0.25) is 0 Å². The maximum Gasteiger partial charge on any atom is 0.317 e. The van der Waals surface area contributed by atoms with Gasteiger partial charge in [-0.05, 0) is 33.4 Å². The number of carboxylic acid groups (broad SMARTS) is 1. The van der Waals surface area contributed by atoms with Crippen molar-refractivity contribution in [1.82, 2.24) is 15.1 Å². The molecule has 124 valence electrons. The lowest BCUT2D eigenvalue weighted by Gasteiger charge is -2.24. The number of nitrogens with one attached hydrogen (secondary N) is 1. The first-order valence-corrected chi connectivity index (χ1v) is 7.86. The lowest BCUT2D eigenvalue weighted by molar-refractivity contribution is -0.137. The van der Waals surface area contributed by atoms with Gasteiger partial charge in [-0.2, -0.15) is 0 Å². The SMILES string of the molecule is CCCN(CCN(C)C)C(=O)NCCCCCCC(=O)O. The quantitative estimate of drug-likeness (QED) is 0.541. The maximum atomic E-state index is 12.0. The van der Waals surface area contributed by atoms with E-state index in [-0.39, 0.29) is 12.5 Å². The Morgan fingerprint density at radius 3 is 2.24 bits per heavy atom. The molecule has 0 saturated carbocycles. The number of likely N-dealkylation sites (N-methyl/N-ethyl adjacent to an activating group) is 1. The topological polar surface area (TPSA) is 72.9 Å². The Hall–Kier alpha value is -1.30. The van der Waals surface area contributed by atoms with Crippen LogP contribution < -0.4 is 5.32 Å². The summed E-state index contributed by atoms with van der Waals surface area (Å²) in [4.78, 5) is 26.3. The fourth-order valence-corrected chi connectivity index (χ4v) is 1.97. The van der Waals surface area contributed by atoms with Crippen molar-refractivity contribution in [2.45, 2.75) is 45.4 Å². The molecular formula is C15H31N3O3. The van der Waals surface area contributed by atoms with Crippen molar-refractivity contribution >= 4 is 12.0 Å². The number of unbranched alkanes of at least 4 members (excludes halogenated alkanes) is 3. The molecular weight excluding hydrogens is 270 g/mol. The van der Waals surface area contributed by atoms with E-state index in [2.05, 4.69) is 17.1 Å². The number of carboxylic acids is 1. The average molecular weight is 301 g/mol. The van der Waals surface area contributed by atoms with Gasteiger partial charge in [0.1, 0.15) is 0 Å². The zero-order chi connectivity index (χ0) is 16.1. The first-order valence-electron chi connectivity index (χ1n) is 7.86. The summed E-state index contributed by atoms with van der Waals surface area (Å²) in [5.74, 6) is -0.737. The summed E-state index contributed by atoms with van der Waals surface area (Å²) in [6.45, 7) is 5.11. The first kappa shape index (κ1) is 19.7. The molecule has 2 amide bonds. The molecule has 0 radical (unpaired) electrons. The highest BCUT2D eigenvalue weighted by Gasteiger charge is 2.11. The fraction of sp³-hybridized carbons (Fsp3) is 0.867. The van der Waals surface area contributed by atoms with Crippen LogP contribution in [0.15, 0.2) is 0 Å². The number of carbonyl (C=O) groups is 2. The van der Waals surface area contributed by atoms with E-state index in [0.717, 1.165) is 45.3 Å². The fourth-order valence-electron chi connectivity index (χ4n) is 1.97. The average Bonchev–Trinajstić information content (AvgIpc) is 2.41. The van der Waals surface area contributed by atoms with Crippen LogP contribution in [0.1, 0.15) is 45.4 Å². The Morgan fingerprint density at radius 2 is 1.67 bits per heavy atom. The molecule has 0 fully saturated rings. The third-order valence-electron chi connectivity index (χ3n) is 3.19. The molecule has 0 atom stereocenters. The summed E-state index contributed by atoms with van der Waals surface area (Å²) >= 11 is 0. The van der Waals surface area contributed by atoms with Gasteiger partial charge < -0.3 is 20.2 Å². The zero-order valence-electron chi connectivity index (χ0n) is 13.7. The molecule has 0 saturated heterocycles. The van der Waals surface area contributed by atoms with Crippen molar-refractivity contribution in [3.05, 3.63) is 0 Å². The van der Waals surface area contributed by atoms with Gasteiger partial charge in [-0.15, -0.1) is 0 Å². The smallest absolute Gasteiger partial charge is 0.317 e. The van der Waals surface area contributed by atoms with Gasteiger partial charge in [0, 0.05) is 32.6 Å². The Bertz CT molecular complexity index is 296. The van der Waals surface area contributed by atoms with E-state index in [0.29, 0.717) is 13.0 Å². The van der Waals surface area contributed by atoms with Crippen LogP contribution in [0.3, 0.4) is 0 Å². The van der Waals surface area contributed by atoms with Crippen LogP contribution in [0.2, 0.25) is 0 Å². The molecule has 2 N–H and O–H groups in total. The number of hydrogen-bond donors (Lipinski definition) is 2. The normalized spacial score (nSPS) is 10.7. The highest BCUT2D eigenvalue weighted by molar-refractivity contribution is 5.74. The van der Waals surface area contributed by atoms with Crippen molar-refractivity contribution in [3.8, 4) is 0 Å². The molecule has 0 aliphatic rings.